The molecule has 2 rings (SSSR count). The molecule has 1 fully saturated rings. The van der Waals surface area contributed by atoms with Crippen LogP contribution in [0.3, 0.4) is 0 Å². The van der Waals surface area contributed by atoms with E-state index in [1.165, 1.54) is 0 Å². The maximum atomic E-state index is 4.24. The van der Waals surface area contributed by atoms with E-state index in [1.54, 1.807) is 6.20 Å². The maximum absolute atomic E-state index is 4.24. The first-order chi connectivity index (χ1) is 7.77. The minimum atomic E-state index is 0.408. The highest BCUT2D eigenvalue weighted by Gasteiger charge is 2.15. The lowest BCUT2D eigenvalue weighted by molar-refractivity contribution is 0.583. The molecular formula is C11H19N5. The summed E-state index contributed by atoms with van der Waals surface area (Å²) in [6.45, 7) is 8.26. The SMILES string of the molecule is CC(C)Nc1ccnnc1N1CCNCC1. The van der Waals surface area contributed by atoms with E-state index in [9.17, 15) is 0 Å². The minimum absolute atomic E-state index is 0.408. The van der Waals surface area contributed by atoms with Gasteiger partial charge in [0, 0.05) is 32.2 Å². The molecule has 1 aromatic heterocycles. The Balaban J connectivity index is 2.17. The second-order valence-electron chi connectivity index (χ2n) is 4.30. The first kappa shape index (κ1) is 11.1. The molecule has 0 aliphatic carbocycles. The van der Waals surface area contributed by atoms with E-state index in [1.807, 2.05) is 6.07 Å². The van der Waals surface area contributed by atoms with Gasteiger partial charge in [0.1, 0.15) is 0 Å². The third kappa shape index (κ3) is 2.61. The van der Waals surface area contributed by atoms with Gasteiger partial charge in [0.25, 0.3) is 0 Å². The molecule has 0 saturated carbocycles. The Kier molecular flexibility index (Phi) is 3.56. The van der Waals surface area contributed by atoms with Crippen LogP contribution < -0.4 is 15.5 Å². The largest absolute Gasteiger partial charge is 0.380 e. The van der Waals surface area contributed by atoms with Crippen molar-refractivity contribution in [3.05, 3.63) is 12.3 Å². The van der Waals surface area contributed by atoms with Gasteiger partial charge in [0.2, 0.25) is 0 Å². The van der Waals surface area contributed by atoms with E-state index in [2.05, 4.69) is 39.6 Å². The first-order valence-electron chi connectivity index (χ1n) is 5.81. The lowest BCUT2D eigenvalue weighted by Crippen LogP contribution is -2.44. The molecule has 0 spiro atoms. The fourth-order valence-corrected chi connectivity index (χ4v) is 1.86. The van der Waals surface area contributed by atoms with E-state index in [0.29, 0.717) is 6.04 Å². The molecule has 2 N–H and O–H groups in total. The highest BCUT2D eigenvalue weighted by molar-refractivity contribution is 5.65. The predicted octanol–water partition coefficient (Wildman–Crippen LogP) is 0.706. The minimum Gasteiger partial charge on any atom is -0.380 e. The van der Waals surface area contributed by atoms with Crippen molar-refractivity contribution in [3.63, 3.8) is 0 Å². The van der Waals surface area contributed by atoms with Crippen LogP contribution in [-0.2, 0) is 0 Å². The van der Waals surface area contributed by atoms with Crippen LogP contribution in [0, 0.1) is 0 Å². The fraction of sp³-hybridized carbons (Fsp3) is 0.636. The molecule has 5 nitrogen and oxygen atoms in total. The average molecular weight is 221 g/mol. The van der Waals surface area contributed by atoms with Crippen LogP contribution in [0.15, 0.2) is 12.3 Å². The number of rotatable bonds is 3. The topological polar surface area (TPSA) is 53.1 Å². The Bertz CT molecular complexity index is 333. The van der Waals surface area contributed by atoms with Gasteiger partial charge in [-0.05, 0) is 19.9 Å². The van der Waals surface area contributed by atoms with Gasteiger partial charge >= 0.3 is 0 Å². The molecule has 5 heteroatoms. The molecule has 1 aromatic rings. The molecule has 88 valence electrons. The van der Waals surface area contributed by atoms with E-state index in [4.69, 9.17) is 0 Å². The van der Waals surface area contributed by atoms with Crippen LogP contribution in [0.25, 0.3) is 0 Å². The monoisotopic (exact) mass is 221 g/mol. The van der Waals surface area contributed by atoms with Gasteiger partial charge < -0.3 is 15.5 Å². The lowest BCUT2D eigenvalue weighted by atomic mass is 10.3. The average Bonchev–Trinajstić information content (AvgIpc) is 2.30. The Morgan fingerprint density at radius 2 is 2.12 bits per heavy atom. The number of nitrogens with one attached hydrogen (secondary N) is 2. The van der Waals surface area contributed by atoms with Gasteiger partial charge in [-0.15, -0.1) is 5.10 Å². The normalized spacial score (nSPS) is 16.6. The van der Waals surface area contributed by atoms with E-state index in [-0.39, 0.29) is 0 Å². The smallest absolute Gasteiger partial charge is 0.174 e. The molecule has 1 saturated heterocycles. The molecule has 2 heterocycles. The number of aromatic nitrogens is 2. The van der Waals surface area contributed by atoms with Crippen LogP contribution in [0.1, 0.15) is 13.8 Å². The highest BCUT2D eigenvalue weighted by atomic mass is 15.3. The molecule has 0 unspecified atom stereocenters. The third-order valence-corrected chi connectivity index (χ3v) is 2.56. The number of hydrogen-bond acceptors (Lipinski definition) is 5. The Labute approximate surface area is 96.2 Å². The van der Waals surface area contributed by atoms with Crippen LogP contribution >= 0.6 is 0 Å². The van der Waals surface area contributed by atoms with Gasteiger partial charge in [-0.3, -0.25) is 0 Å². The zero-order valence-corrected chi connectivity index (χ0v) is 9.90. The Morgan fingerprint density at radius 3 is 2.81 bits per heavy atom. The molecule has 0 aromatic carbocycles. The van der Waals surface area contributed by atoms with Crippen molar-refractivity contribution in [1.82, 2.24) is 15.5 Å². The molecule has 16 heavy (non-hydrogen) atoms. The summed E-state index contributed by atoms with van der Waals surface area (Å²) in [4.78, 5) is 2.27. The Hall–Kier alpha value is -1.36. The molecule has 0 bridgehead atoms. The number of anilines is 2. The summed E-state index contributed by atoms with van der Waals surface area (Å²) < 4.78 is 0. The predicted molar refractivity (Wildman–Crippen MR) is 65.9 cm³/mol. The quantitative estimate of drug-likeness (QED) is 0.787. The summed E-state index contributed by atoms with van der Waals surface area (Å²) in [7, 11) is 0. The molecule has 0 radical (unpaired) electrons. The second kappa shape index (κ2) is 5.12. The van der Waals surface area contributed by atoms with Crippen LogP contribution in [0.2, 0.25) is 0 Å². The van der Waals surface area contributed by atoms with E-state index >= 15 is 0 Å². The zero-order chi connectivity index (χ0) is 11.4. The van der Waals surface area contributed by atoms with Gasteiger partial charge in [-0.25, -0.2) is 0 Å². The van der Waals surface area contributed by atoms with Crippen molar-refractivity contribution in [1.29, 1.82) is 0 Å². The van der Waals surface area contributed by atoms with Crippen molar-refractivity contribution >= 4 is 11.5 Å². The van der Waals surface area contributed by atoms with Gasteiger partial charge in [0.15, 0.2) is 5.82 Å². The summed E-state index contributed by atoms with van der Waals surface area (Å²) >= 11 is 0. The second-order valence-corrected chi connectivity index (χ2v) is 4.30. The van der Waals surface area contributed by atoms with Crippen LogP contribution in [0.4, 0.5) is 11.5 Å². The van der Waals surface area contributed by atoms with Crippen molar-refractivity contribution in [2.24, 2.45) is 0 Å². The lowest BCUT2D eigenvalue weighted by Gasteiger charge is -2.29. The Morgan fingerprint density at radius 1 is 1.38 bits per heavy atom. The molecule has 1 aliphatic rings. The maximum Gasteiger partial charge on any atom is 0.174 e. The highest BCUT2D eigenvalue weighted by Crippen LogP contribution is 2.22. The molecule has 0 amide bonds. The number of piperazine rings is 1. The molecule has 1 aliphatic heterocycles. The van der Waals surface area contributed by atoms with E-state index < -0.39 is 0 Å². The summed E-state index contributed by atoms with van der Waals surface area (Å²) in [5.74, 6) is 0.970. The summed E-state index contributed by atoms with van der Waals surface area (Å²) in [5, 5.41) is 15.0. The van der Waals surface area contributed by atoms with Crippen LogP contribution in [0.5, 0.6) is 0 Å². The first-order valence-corrected chi connectivity index (χ1v) is 5.81. The van der Waals surface area contributed by atoms with Gasteiger partial charge in [0.05, 0.1) is 11.9 Å². The zero-order valence-electron chi connectivity index (χ0n) is 9.90. The van der Waals surface area contributed by atoms with Gasteiger partial charge in [-0.1, -0.05) is 0 Å². The van der Waals surface area contributed by atoms with Crippen molar-refractivity contribution in [2.45, 2.75) is 19.9 Å². The fourth-order valence-electron chi connectivity index (χ4n) is 1.86. The summed E-state index contributed by atoms with van der Waals surface area (Å²) in [6.07, 6.45) is 1.73. The van der Waals surface area contributed by atoms with Gasteiger partial charge in [-0.2, -0.15) is 5.10 Å². The van der Waals surface area contributed by atoms with Crippen molar-refractivity contribution in [2.75, 3.05) is 36.4 Å². The summed E-state index contributed by atoms with van der Waals surface area (Å²) in [6, 6.07) is 2.40. The standard InChI is InChI=1S/C11H19N5/c1-9(2)14-10-3-4-13-15-11(10)16-7-5-12-6-8-16/h3-4,9,12H,5-8H2,1-2H3,(H,13,14). The number of nitrogens with zero attached hydrogens (tertiary/aromatic N) is 3. The van der Waals surface area contributed by atoms with E-state index in [0.717, 1.165) is 37.7 Å². The third-order valence-electron chi connectivity index (χ3n) is 2.56. The molecular weight excluding hydrogens is 202 g/mol. The van der Waals surface area contributed by atoms with Crippen molar-refractivity contribution in [3.8, 4) is 0 Å². The van der Waals surface area contributed by atoms with Crippen LogP contribution in [-0.4, -0.2) is 42.4 Å². The van der Waals surface area contributed by atoms with Crippen molar-refractivity contribution < 1.29 is 0 Å². The molecule has 0 atom stereocenters. The number of hydrogen-bond donors (Lipinski definition) is 2. The summed E-state index contributed by atoms with van der Waals surface area (Å²) in [5.41, 5.74) is 1.08.